The number of ether oxygens (including phenoxy) is 2. The zero-order valence-electron chi connectivity index (χ0n) is 15.4. The quantitative estimate of drug-likeness (QED) is 0.424. The van der Waals surface area contributed by atoms with Crippen molar-refractivity contribution in [3.8, 4) is 11.5 Å². The molecule has 148 valence electrons. The molecule has 0 aromatic heterocycles. The number of hydrogen-bond acceptors (Lipinski definition) is 5. The summed E-state index contributed by atoms with van der Waals surface area (Å²) in [6, 6.07) is 2.06. The van der Waals surface area contributed by atoms with Crippen LogP contribution in [0.15, 0.2) is 18.2 Å². The van der Waals surface area contributed by atoms with Crippen LogP contribution in [0.2, 0.25) is 0 Å². The van der Waals surface area contributed by atoms with Crippen molar-refractivity contribution in [3.63, 3.8) is 0 Å². The van der Waals surface area contributed by atoms with Gasteiger partial charge in [-0.1, -0.05) is 13.8 Å². The third kappa shape index (κ3) is 5.38. The second-order valence-electron chi connectivity index (χ2n) is 6.72. The molecule has 1 saturated heterocycles. The van der Waals surface area contributed by atoms with E-state index in [0.29, 0.717) is 24.9 Å². The van der Waals surface area contributed by atoms with Gasteiger partial charge in [0.25, 0.3) is 5.69 Å². The summed E-state index contributed by atoms with van der Waals surface area (Å²) in [5.41, 5.74) is -0.402. The normalized spacial score (nSPS) is 20.1. The predicted molar refractivity (Wildman–Crippen MR) is 94.8 cm³/mol. The molecule has 1 fully saturated rings. The van der Waals surface area contributed by atoms with E-state index in [1.54, 1.807) is 4.90 Å². The number of alkyl halides is 2. The largest absolute Gasteiger partial charge is 0.493 e. The van der Waals surface area contributed by atoms with Crippen LogP contribution in [0, 0.1) is 22.0 Å². The molecular formula is C18H22F2N2O5. The lowest BCUT2D eigenvalue weighted by molar-refractivity contribution is -0.385. The van der Waals surface area contributed by atoms with Gasteiger partial charge in [0.05, 0.1) is 23.7 Å². The highest BCUT2D eigenvalue weighted by atomic mass is 19.3. The molecule has 0 bridgehead atoms. The zero-order chi connectivity index (χ0) is 20.1. The van der Waals surface area contributed by atoms with Gasteiger partial charge in [-0.05, 0) is 30.4 Å². The Bertz CT molecular complexity index is 729. The highest BCUT2D eigenvalue weighted by Crippen LogP contribution is 2.36. The molecule has 2 rings (SSSR count). The molecule has 1 amide bonds. The van der Waals surface area contributed by atoms with Gasteiger partial charge in [0.15, 0.2) is 11.5 Å². The summed E-state index contributed by atoms with van der Waals surface area (Å²) in [6.07, 6.45) is 3.58. The molecule has 0 aliphatic carbocycles. The first-order valence-electron chi connectivity index (χ1n) is 8.49. The number of nitrogens with zero attached hydrogens (tertiary/aromatic N) is 2. The predicted octanol–water partition coefficient (Wildman–Crippen LogP) is 3.72. The van der Waals surface area contributed by atoms with E-state index in [-0.39, 0.29) is 17.2 Å². The Balaban J connectivity index is 2.29. The first kappa shape index (κ1) is 20.6. The van der Waals surface area contributed by atoms with Gasteiger partial charge in [-0.15, -0.1) is 0 Å². The SMILES string of the molecule is COc1cc(/C=C/C(=O)N2CC(C)CC(C)C2)c([N+](=O)[O-])cc1OC(F)F. The number of carbonyl (C=O) groups is 1. The number of methoxy groups -OCH3 is 1. The number of halogens is 2. The number of benzene rings is 1. The van der Waals surface area contributed by atoms with Crippen LogP contribution >= 0.6 is 0 Å². The van der Waals surface area contributed by atoms with Crippen LogP contribution in [0.3, 0.4) is 0 Å². The van der Waals surface area contributed by atoms with E-state index in [2.05, 4.69) is 18.6 Å². The molecule has 1 aromatic carbocycles. The second kappa shape index (κ2) is 8.79. The molecule has 1 aliphatic heterocycles. The van der Waals surface area contributed by atoms with Crippen LogP contribution in [0.1, 0.15) is 25.8 Å². The third-order valence-corrected chi connectivity index (χ3v) is 4.31. The zero-order valence-corrected chi connectivity index (χ0v) is 15.4. The van der Waals surface area contributed by atoms with Crippen LogP contribution < -0.4 is 9.47 Å². The van der Waals surface area contributed by atoms with Crippen molar-refractivity contribution in [2.24, 2.45) is 11.8 Å². The summed E-state index contributed by atoms with van der Waals surface area (Å²) in [7, 11) is 1.23. The maximum Gasteiger partial charge on any atom is 0.387 e. The molecule has 1 heterocycles. The van der Waals surface area contributed by atoms with Gasteiger partial charge in [0.2, 0.25) is 5.91 Å². The summed E-state index contributed by atoms with van der Waals surface area (Å²) >= 11 is 0. The first-order chi connectivity index (χ1) is 12.7. The molecule has 9 heteroatoms. The molecule has 0 radical (unpaired) electrons. The minimum Gasteiger partial charge on any atom is -0.493 e. The van der Waals surface area contributed by atoms with Gasteiger partial charge >= 0.3 is 6.61 Å². The third-order valence-electron chi connectivity index (χ3n) is 4.31. The van der Waals surface area contributed by atoms with Crippen LogP contribution in [0.4, 0.5) is 14.5 Å². The Kier molecular flexibility index (Phi) is 6.70. The highest BCUT2D eigenvalue weighted by molar-refractivity contribution is 5.92. The fraction of sp³-hybridized carbons (Fsp3) is 0.500. The van der Waals surface area contributed by atoms with E-state index in [9.17, 15) is 23.7 Å². The van der Waals surface area contributed by atoms with Crippen LogP contribution in [-0.2, 0) is 4.79 Å². The number of likely N-dealkylation sites (tertiary alicyclic amines) is 1. The van der Waals surface area contributed by atoms with Crippen LogP contribution in [0.25, 0.3) is 6.08 Å². The molecule has 0 N–H and O–H groups in total. The summed E-state index contributed by atoms with van der Waals surface area (Å²) in [6.45, 7) is 2.23. The smallest absolute Gasteiger partial charge is 0.387 e. The van der Waals surface area contributed by atoms with Gasteiger partial charge in [0.1, 0.15) is 0 Å². The average molecular weight is 384 g/mol. The maximum absolute atomic E-state index is 12.5. The van der Waals surface area contributed by atoms with Crippen molar-refractivity contribution in [3.05, 3.63) is 33.9 Å². The Hall–Kier alpha value is -2.71. The van der Waals surface area contributed by atoms with Gasteiger partial charge < -0.3 is 14.4 Å². The maximum atomic E-state index is 12.5. The van der Waals surface area contributed by atoms with Crippen molar-refractivity contribution in [2.75, 3.05) is 20.2 Å². The van der Waals surface area contributed by atoms with Gasteiger partial charge in [-0.3, -0.25) is 14.9 Å². The van der Waals surface area contributed by atoms with Crippen molar-refractivity contribution < 1.29 is 28.0 Å². The average Bonchev–Trinajstić information content (AvgIpc) is 2.58. The topological polar surface area (TPSA) is 81.9 Å². The lowest BCUT2D eigenvalue weighted by Gasteiger charge is -2.34. The van der Waals surface area contributed by atoms with E-state index in [4.69, 9.17) is 4.74 Å². The Morgan fingerprint density at radius 1 is 1.30 bits per heavy atom. The first-order valence-corrected chi connectivity index (χ1v) is 8.49. The molecule has 0 spiro atoms. The Morgan fingerprint density at radius 2 is 1.93 bits per heavy atom. The molecule has 0 saturated carbocycles. The fourth-order valence-corrected chi connectivity index (χ4v) is 3.31. The minimum absolute atomic E-state index is 0.0601. The number of piperidine rings is 1. The van der Waals surface area contributed by atoms with E-state index in [0.717, 1.165) is 12.5 Å². The number of rotatable bonds is 6. The second-order valence-corrected chi connectivity index (χ2v) is 6.72. The molecule has 2 atom stereocenters. The standard InChI is InChI=1S/C18H22F2N2O5/c1-11-6-12(2)10-21(9-11)17(23)5-4-13-7-15(26-3)16(27-18(19)20)8-14(13)22(24)25/h4-5,7-8,11-12,18H,6,9-10H2,1-3H3/b5-4+. The van der Waals surface area contributed by atoms with Crippen LogP contribution in [0.5, 0.6) is 11.5 Å². The molecular weight excluding hydrogens is 362 g/mol. The van der Waals surface area contributed by atoms with Crippen LogP contribution in [-0.4, -0.2) is 42.5 Å². The molecule has 1 aliphatic rings. The molecule has 27 heavy (non-hydrogen) atoms. The van der Waals surface area contributed by atoms with Crippen molar-refractivity contribution in [1.29, 1.82) is 0 Å². The van der Waals surface area contributed by atoms with Gasteiger partial charge in [0, 0.05) is 19.2 Å². The lowest BCUT2D eigenvalue weighted by atomic mass is 9.92. The van der Waals surface area contributed by atoms with Gasteiger partial charge in [-0.25, -0.2) is 0 Å². The summed E-state index contributed by atoms with van der Waals surface area (Å²) in [5, 5.41) is 11.3. The van der Waals surface area contributed by atoms with E-state index in [1.807, 2.05) is 0 Å². The number of amides is 1. The number of nitro groups is 1. The minimum atomic E-state index is -3.15. The number of hydrogen-bond donors (Lipinski definition) is 0. The highest BCUT2D eigenvalue weighted by Gasteiger charge is 2.25. The summed E-state index contributed by atoms with van der Waals surface area (Å²) < 4.78 is 34.2. The monoisotopic (exact) mass is 384 g/mol. The number of carbonyl (C=O) groups excluding carboxylic acids is 1. The Morgan fingerprint density at radius 3 is 2.44 bits per heavy atom. The summed E-state index contributed by atoms with van der Waals surface area (Å²) in [5.74, 6) is -0.0261. The number of nitro benzene ring substituents is 1. The van der Waals surface area contributed by atoms with Crippen molar-refractivity contribution in [2.45, 2.75) is 26.9 Å². The van der Waals surface area contributed by atoms with Gasteiger partial charge in [-0.2, -0.15) is 8.78 Å². The Labute approximate surface area is 155 Å². The molecule has 1 aromatic rings. The summed E-state index contributed by atoms with van der Waals surface area (Å²) in [4.78, 5) is 24.7. The van der Waals surface area contributed by atoms with Crippen molar-refractivity contribution >= 4 is 17.7 Å². The van der Waals surface area contributed by atoms with E-state index in [1.165, 1.54) is 25.3 Å². The fourth-order valence-electron chi connectivity index (χ4n) is 3.31. The van der Waals surface area contributed by atoms with Crippen molar-refractivity contribution in [1.82, 2.24) is 4.90 Å². The molecule has 2 unspecified atom stereocenters. The van der Waals surface area contributed by atoms with E-state index < -0.39 is 23.0 Å². The lowest BCUT2D eigenvalue weighted by Crippen LogP contribution is -2.41. The van der Waals surface area contributed by atoms with E-state index >= 15 is 0 Å². The molecule has 7 nitrogen and oxygen atoms in total.